The van der Waals surface area contributed by atoms with Gasteiger partial charge in [-0.05, 0) is 42.8 Å². The molecule has 5 nitrogen and oxygen atoms in total. The van der Waals surface area contributed by atoms with Crippen LogP contribution >= 0.6 is 0 Å². The van der Waals surface area contributed by atoms with Gasteiger partial charge in [-0.1, -0.05) is 0 Å². The molecule has 1 saturated heterocycles. The molecule has 27 heavy (non-hydrogen) atoms. The number of anilines is 1. The van der Waals surface area contributed by atoms with Crippen molar-refractivity contribution in [2.75, 3.05) is 18.0 Å². The number of aromatic nitrogens is 4. The van der Waals surface area contributed by atoms with E-state index in [-0.39, 0.29) is 11.5 Å². The number of rotatable bonds is 3. The SMILES string of the molecule is Fc1ccc(N2CCC2)cc1-n1cc2cc(-c3ncccc3F)cnc2n1. The first-order valence-electron chi connectivity index (χ1n) is 8.70. The van der Waals surface area contributed by atoms with E-state index < -0.39 is 5.82 Å². The quantitative estimate of drug-likeness (QED) is 0.553. The molecule has 1 aliphatic heterocycles. The molecule has 0 bridgehead atoms. The van der Waals surface area contributed by atoms with Gasteiger partial charge in [-0.2, -0.15) is 0 Å². The molecule has 5 rings (SSSR count). The molecule has 1 aromatic carbocycles. The molecule has 7 heteroatoms. The van der Waals surface area contributed by atoms with Gasteiger partial charge in [-0.25, -0.2) is 18.4 Å². The van der Waals surface area contributed by atoms with E-state index in [2.05, 4.69) is 20.0 Å². The second-order valence-corrected chi connectivity index (χ2v) is 6.52. The Morgan fingerprint density at radius 2 is 1.85 bits per heavy atom. The summed E-state index contributed by atoms with van der Waals surface area (Å²) in [6.07, 6.45) is 5.90. The van der Waals surface area contributed by atoms with E-state index in [4.69, 9.17) is 0 Å². The van der Waals surface area contributed by atoms with E-state index in [1.54, 1.807) is 24.4 Å². The maximum Gasteiger partial charge on any atom is 0.181 e. The summed E-state index contributed by atoms with van der Waals surface area (Å²) in [4.78, 5) is 10.5. The van der Waals surface area contributed by atoms with Crippen molar-refractivity contribution in [2.24, 2.45) is 0 Å². The normalized spacial score (nSPS) is 13.8. The van der Waals surface area contributed by atoms with Crippen LogP contribution in [0.3, 0.4) is 0 Å². The molecule has 0 unspecified atom stereocenters. The highest BCUT2D eigenvalue weighted by Gasteiger charge is 2.17. The highest BCUT2D eigenvalue weighted by molar-refractivity contribution is 5.80. The molecule has 1 aliphatic rings. The smallest absolute Gasteiger partial charge is 0.181 e. The first-order valence-corrected chi connectivity index (χ1v) is 8.70. The van der Waals surface area contributed by atoms with Crippen molar-refractivity contribution in [2.45, 2.75) is 6.42 Å². The van der Waals surface area contributed by atoms with Gasteiger partial charge in [0.1, 0.15) is 23.0 Å². The monoisotopic (exact) mass is 363 g/mol. The third-order valence-corrected chi connectivity index (χ3v) is 4.79. The summed E-state index contributed by atoms with van der Waals surface area (Å²) >= 11 is 0. The van der Waals surface area contributed by atoms with Crippen molar-refractivity contribution < 1.29 is 8.78 Å². The molecule has 0 radical (unpaired) electrons. The third kappa shape index (κ3) is 2.71. The Labute approximate surface area is 153 Å². The molecule has 1 fully saturated rings. The van der Waals surface area contributed by atoms with E-state index in [0.29, 0.717) is 22.3 Å². The Hall–Kier alpha value is -3.35. The summed E-state index contributed by atoms with van der Waals surface area (Å²) in [5.74, 6) is -0.776. The minimum atomic E-state index is -0.417. The van der Waals surface area contributed by atoms with Gasteiger partial charge in [-0.15, -0.1) is 5.10 Å². The van der Waals surface area contributed by atoms with E-state index in [0.717, 1.165) is 25.2 Å². The van der Waals surface area contributed by atoms with Crippen LogP contribution < -0.4 is 4.90 Å². The third-order valence-electron chi connectivity index (χ3n) is 4.79. The molecule has 0 atom stereocenters. The van der Waals surface area contributed by atoms with Crippen LogP contribution in [0.5, 0.6) is 0 Å². The van der Waals surface area contributed by atoms with Crippen molar-refractivity contribution in [3.63, 3.8) is 0 Å². The number of benzene rings is 1. The summed E-state index contributed by atoms with van der Waals surface area (Å²) in [7, 11) is 0. The zero-order valence-electron chi connectivity index (χ0n) is 14.3. The average Bonchev–Trinajstić information content (AvgIpc) is 3.05. The fourth-order valence-corrected chi connectivity index (χ4v) is 3.21. The van der Waals surface area contributed by atoms with Crippen molar-refractivity contribution in [3.05, 3.63) is 66.6 Å². The molecule has 0 amide bonds. The first-order chi connectivity index (χ1) is 13.2. The van der Waals surface area contributed by atoms with Crippen molar-refractivity contribution in [1.29, 1.82) is 0 Å². The molecule has 3 aromatic heterocycles. The number of fused-ring (bicyclic) bond motifs is 1. The summed E-state index contributed by atoms with van der Waals surface area (Å²) in [5.41, 5.74) is 2.58. The summed E-state index contributed by atoms with van der Waals surface area (Å²) in [5, 5.41) is 5.06. The van der Waals surface area contributed by atoms with E-state index in [9.17, 15) is 8.78 Å². The lowest BCUT2D eigenvalue weighted by atomic mass is 10.1. The molecule has 0 aliphatic carbocycles. The highest BCUT2D eigenvalue weighted by Crippen LogP contribution is 2.27. The maximum absolute atomic E-state index is 14.4. The second-order valence-electron chi connectivity index (χ2n) is 6.52. The number of halogens is 2. The van der Waals surface area contributed by atoms with Crippen molar-refractivity contribution in [3.8, 4) is 16.9 Å². The summed E-state index contributed by atoms with van der Waals surface area (Å²) in [6, 6.07) is 9.68. The second kappa shape index (κ2) is 6.12. The topological polar surface area (TPSA) is 46.8 Å². The average molecular weight is 363 g/mol. The Morgan fingerprint density at radius 3 is 2.63 bits per heavy atom. The van der Waals surface area contributed by atoms with Gasteiger partial charge in [-0.3, -0.25) is 4.98 Å². The van der Waals surface area contributed by atoms with Crippen LogP contribution in [0.25, 0.3) is 28.0 Å². The molecular weight excluding hydrogens is 348 g/mol. The van der Waals surface area contributed by atoms with E-state index >= 15 is 0 Å². The maximum atomic E-state index is 14.4. The van der Waals surface area contributed by atoms with E-state index in [1.807, 2.05) is 0 Å². The molecule has 0 spiro atoms. The number of nitrogens with zero attached hydrogens (tertiary/aromatic N) is 5. The van der Waals surface area contributed by atoms with Crippen LogP contribution in [0.1, 0.15) is 6.42 Å². The number of hydrogen-bond acceptors (Lipinski definition) is 4. The summed E-state index contributed by atoms with van der Waals surface area (Å²) < 4.78 is 29.9. The van der Waals surface area contributed by atoms with Crippen LogP contribution in [-0.2, 0) is 0 Å². The van der Waals surface area contributed by atoms with Gasteiger partial charge in [0.25, 0.3) is 0 Å². The van der Waals surface area contributed by atoms with E-state index in [1.165, 1.54) is 35.3 Å². The molecule has 0 N–H and O–H groups in total. The van der Waals surface area contributed by atoms with Crippen LogP contribution in [0.4, 0.5) is 14.5 Å². The molecule has 4 heterocycles. The predicted octanol–water partition coefficient (Wildman–Crippen LogP) is 3.97. The van der Waals surface area contributed by atoms with Gasteiger partial charge in [0.05, 0.1) is 0 Å². The minimum Gasteiger partial charge on any atom is -0.371 e. The standard InChI is InChI=1S/C20H15F2N5/c21-16-5-4-15(26-7-2-8-26)10-18(16)27-12-14-9-13(11-24-20(14)25-27)19-17(22)3-1-6-23-19/h1,3-6,9-12H,2,7-8H2. The molecular formula is C20H15F2N5. The van der Waals surface area contributed by atoms with Gasteiger partial charge in [0.15, 0.2) is 5.65 Å². The fourth-order valence-electron chi connectivity index (χ4n) is 3.21. The molecule has 0 saturated carbocycles. The first kappa shape index (κ1) is 15.9. The van der Waals surface area contributed by atoms with Crippen molar-refractivity contribution >= 4 is 16.7 Å². The van der Waals surface area contributed by atoms with Gasteiger partial charge < -0.3 is 4.90 Å². The van der Waals surface area contributed by atoms with Crippen molar-refractivity contribution in [1.82, 2.24) is 19.7 Å². The van der Waals surface area contributed by atoms with Gasteiger partial charge in [0.2, 0.25) is 0 Å². The van der Waals surface area contributed by atoms with Crippen LogP contribution in [0, 0.1) is 11.6 Å². The van der Waals surface area contributed by atoms with Gasteiger partial charge in [0, 0.05) is 48.3 Å². The molecule has 4 aromatic rings. The number of hydrogen-bond donors (Lipinski definition) is 0. The predicted molar refractivity (Wildman–Crippen MR) is 98.8 cm³/mol. The zero-order valence-corrected chi connectivity index (χ0v) is 14.3. The zero-order chi connectivity index (χ0) is 18.4. The Bertz CT molecular complexity index is 1150. The van der Waals surface area contributed by atoms with Gasteiger partial charge >= 0.3 is 0 Å². The van der Waals surface area contributed by atoms with Crippen LogP contribution in [0.15, 0.2) is 55.0 Å². The minimum absolute atomic E-state index is 0.227. The molecule has 134 valence electrons. The Morgan fingerprint density at radius 1 is 0.963 bits per heavy atom. The van der Waals surface area contributed by atoms with Crippen LogP contribution in [0.2, 0.25) is 0 Å². The lowest BCUT2D eigenvalue weighted by Crippen LogP contribution is -2.37. The lowest BCUT2D eigenvalue weighted by molar-refractivity contribution is 0.601. The number of pyridine rings is 2. The summed E-state index contributed by atoms with van der Waals surface area (Å²) in [6.45, 7) is 1.96. The Balaban J connectivity index is 1.58. The largest absolute Gasteiger partial charge is 0.371 e. The Kier molecular flexibility index (Phi) is 3.60. The fraction of sp³-hybridized carbons (Fsp3) is 0.150. The lowest BCUT2D eigenvalue weighted by Gasteiger charge is -2.33. The highest BCUT2D eigenvalue weighted by atomic mass is 19.1. The van der Waals surface area contributed by atoms with Crippen LogP contribution in [-0.4, -0.2) is 32.8 Å².